The van der Waals surface area contributed by atoms with Gasteiger partial charge in [-0.25, -0.2) is 9.97 Å². The standard InChI is InChI=1S/C19H17N5OS/c1-11(16-23-18(25-24-16)12-6-3-2-4-7-12)22-17-15-13-8-5-9-14(13)26-19(15)21-10-20-17/h2-4,6-7,10-11H,5,8-9H2,1H3,(H,20,21,22). The van der Waals surface area contributed by atoms with Crippen molar-refractivity contribution in [3.05, 3.63) is 52.9 Å². The van der Waals surface area contributed by atoms with Gasteiger partial charge in [-0.15, -0.1) is 11.3 Å². The smallest absolute Gasteiger partial charge is 0.257 e. The second-order valence-electron chi connectivity index (χ2n) is 6.45. The largest absolute Gasteiger partial charge is 0.360 e. The van der Waals surface area contributed by atoms with Crippen molar-refractivity contribution in [2.75, 3.05) is 5.32 Å². The Balaban J connectivity index is 1.45. The summed E-state index contributed by atoms with van der Waals surface area (Å²) in [6, 6.07) is 9.66. The van der Waals surface area contributed by atoms with Gasteiger partial charge in [0.15, 0.2) is 5.82 Å². The SMILES string of the molecule is CC(Nc1ncnc2sc3c(c12)CCC3)c1noc(-c2ccccc2)n1. The van der Waals surface area contributed by atoms with Crippen LogP contribution in [0, 0.1) is 0 Å². The maximum absolute atomic E-state index is 5.42. The number of benzene rings is 1. The van der Waals surface area contributed by atoms with Gasteiger partial charge in [0.1, 0.15) is 17.0 Å². The van der Waals surface area contributed by atoms with E-state index in [1.165, 1.54) is 16.9 Å². The summed E-state index contributed by atoms with van der Waals surface area (Å²) in [5.41, 5.74) is 2.32. The van der Waals surface area contributed by atoms with E-state index in [1.54, 1.807) is 17.7 Å². The van der Waals surface area contributed by atoms with Crippen LogP contribution in [0.1, 0.15) is 35.7 Å². The molecule has 0 fully saturated rings. The van der Waals surface area contributed by atoms with Crippen molar-refractivity contribution in [3.8, 4) is 11.5 Å². The highest BCUT2D eigenvalue weighted by molar-refractivity contribution is 7.19. The fourth-order valence-electron chi connectivity index (χ4n) is 3.42. The van der Waals surface area contributed by atoms with E-state index in [4.69, 9.17) is 4.52 Å². The molecule has 0 spiro atoms. The lowest BCUT2D eigenvalue weighted by atomic mass is 10.2. The van der Waals surface area contributed by atoms with Gasteiger partial charge in [0.05, 0.1) is 11.4 Å². The molecule has 130 valence electrons. The Labute approximate surface area is 154 Å². The molecule has 3 heterocycles. The van der Waals surface area contributed by atoms with Crippen molar-refractivity contribution in [2.45, 2.75) is 32.2 Å². The molecular weight excluding hydrogens is 346 g/mol. The molecule has 0 saturated heterocycles. The van der Waals surface area contributed by atoms with Gasteiger partial charge in [0.2, 0.25) is 0 Å². The van der Waals surface area contributed by atoms with Gasteiger partial charge in [-0.05, 0) is 43.9 Å². The molecule has 1 unspecified atom stereocenters. The normalized spacial score (nSPS) is 14.5. The number of rotatable bonds is 4. The molecule has 4 aromatic rings. The number of anilines is 1. The molecule has 0 radical (unpaired) electrons. The third-order valence-corrected chi connectivity index (χ3v) is 5.90. The minimum absolute atomic E-state index is 0.119. The van der Waals surface area contributed by atoms with Crippen molar-refractivity contribution in [1.29, 1.82) is 0 Å². The van der Waals surface area contributed by atoms with Crippen LogP contribution < -0.4 is 5.32 Å². The van der Waals surface area contributed by atoms with E-state index in [2.05, 4.69) is 25.4 Å². The summed E-state index contributed by atoms with van der Waals surface area (Å²) in [5, 5.41) is 8.75. The minimum Gasteiger partial charge on any atom is -0.360 e. The summed E-state index contributed by atoms with van der Waals surface area (Å²) in [4.78, 5) is 16.0. The van der Waals surface area contributed by atoms with Crippen LogP contribution in [0.3, 0.4) is 0 Å². The summed E-state index contributed by atoms with van der Waals surface area (Å²) in [5.74, 6) is 1.99. The average Bonchev–Trinajstić information content (AvgIpc) is 3.38. The zero-order valence-corrected chi connectivity index (χ0v) is 15.1. The molecule has 7 heteroatoms. The Morgan fingerprint density at radius 3 is 2.92 bits per heavy atom. The zero-order valence-electron chi connectivity index (χ0n) is 14.3. The molecule has 5 rings (SSSR count). The highest BCUT2D eigenvalue weighted by Crippen LogP contribution is 2.39. The fraction of sp³-hybridized carbons (Fsp3) is 0.263. The Morgan fingerprint density at radius 2 is 2.04 bits per heavy atom. The minimum atomic E-state index is -0.119. The molecule has 1 atom stereocenters. The highest BCUT2D eigenvalue weighted by atomic mass is 32.1. The van der Waals surface area contributed by atoms with Gasteiger partial charge < -0.3 is 9.84 Å². The molecule has 3 aromatic heterocycles. The van der Waals surface area contributed by atoms with Crippen LogP contribution in [0.4, 0.5) is 5.82 Å². The van der Waals surface area contributed by atoms with Gasteiger partial charge in [0, 0.05) is 10.4 Å². The monoisotopic (exact) mass is 363 g/mol. The summed E-state index contributed by atoms with van der Waals surface area (Å²) >= 11 is 1.78. The first-order chi connectivity index (χ1) is 12.8. The maximum atomic E-state index is 5.42. The second-order valence-corrected chi connectivity index (χ2v) is 7.53. The van der Waals surface area contributed by atoms with Crippen molar-refractivity contribution in [1.82, 2.24) is 20.1 Å². The molecular formula is C19H17N5OS. The predicted molar refractivity (Wildman–Crippen MR) is 101 cm³/mol. The molecule has 1 aromatic carbocycles. The van der Waals surface area contributed by atoms with E-state index >= 15 is 0 Å². The lowest BCUT2D eigenvalue weighted by Crippen LogP contribution is -2.10. The zero-order chi connectivity index (χ0) is 17.5. The average molecular weight is 363 g/mol. The number of hydrogen-bond donors (Lipinski definition) is 1. The van der Waals surface area contributed by atoms with Crippen LogP contribution in [-0.2, 0) is 12.8 Å². The molecule has 1 N–H and O–H groups in total. The lowest BCUT2D eigenvalue weighted by molar-refractivity contribution is 0.420. The van der Waals surface area contributed by atoms with Gasteiger partial charge >= 0.3 is 0 Å². The third kappa shape index (κ3) is 2.55. The summed E-state index contributed by atoms with van der Waals surface area (Å²) in [6.45, 7) is 2.01. The molecule has 1 aliphatic carbocycles. The molecule has 1 aliphatic rings. The van der Waals surface area contributed by atoms with Crippen LogP contribution in [0.25, 0.3) is 21.7 Å². The number of thiophene rings is 1. The van der Waals surface area contributed by atoms with Crippen LogP contribution >= 0.6 is 11.3 Å². The Kier molecular flexibility index (Phi) is 3.67. The van der Waals surface area contributed by atoms with Crippen LogP contribution in [0.2, 0.25) is 0 Å². The van der Waals surface area contributed by atoms with E-state index in [0.717, 1.165) is 34.4 Å². The van der Waals surface area contributed by atoms with Crippen LogP contribution in [0.15, 0.2) is 41.2 Å². The highest BCUT2D eigenvalue weighted by Gasteiger charge is 2.23. The topological polar surface area (TPSA) is 76.7 Å². The van der Waals surface area contributed by atoms with E-state index in [9.17, 15) is 0 Å². The molecule has 6 nitrogen and oxygen atoms in total. The van der Waals surface area contributed by atoms with E-state index in [1.807, 2.05) is 37.3 Å². The van der Waals surface area contributed by atoms with E-state index in [0.29, 0.717) is 11.7 Å². The first kappa shape index (κ1) is 15.5. The van der Waals surface area contributed by atoms with Gasteiger partial charge in [-0.1, -0.05) is 23.4 Å². The molecule has 0 bridgehead atoms. The third-order valence-electron chi connectivity index (χ3n) is 4.70. The number of aryl methyl sites for hydroxylation is 2. The molecule has 0 aliphatic heterocycles. The van der Waals surface area contributed by atoms with Gasteiger partial charge in [0.25, 0.3) is 5.89 Å². The number of nitrogens with zero attached hydrogens (tertiary/aromatic N) is 4. The number of fused-ring (bicyclic) bond motifs is 3. The summed E-state index contributed by atoms with van der Waals surface area (Å²) in [6.07, 6.45) is 5.09. The first-order valence-corrected chi connectivity index (χ1v) is 9.52. The Morgan fingerprint density at radius 1 is 1.15 bits per heavy atom. The molecule has 0 amide bonds. The summed E-state index contributed by atoms with van der Waals surface area (Å²) < 4.78 is 5.42. The first-order valence-electron chi connectivity index (χ1n) is 8.70. The molecule has 0 saturated carbocycles. The van der Waals surface area contributed by atoms with Gasteiger partial charge in [-0.2, -0.15) is 4.98 Å². The lowest BCUT2D eigenvalue weighted by Gasteiger charge is -2.12. The maximum Gasteiger partial charge on any atom is 0.257 e. The van der Waals surface area contributed by atoms with Crippen molar-refractivity contribution < 1.29 is 4.52 Å². The summed E-state index contributed by atoms with van der Waals surface area (Å²) in [7, 11) is 0. The molecule has 26 heavy (non-hydrogen) atoms. The Bertz CT molecular complexity index is 1070. The van der Waals surface area contributed by atoms with E-state index < -0.39 is 0 Å². The van der Waals surface area contributed by atoms with Crippen molar-refractivity contribution in [2.24, 2.45) is 0 Å². The van der Waals surface area contributed by atoms with Crippen LogP contribution in [-0.4, -0.2) is 20.1 Å². The number of nitrogens with one attached hydrogen (secondary N) is 1. The van der Waals surface area contributed by atoms with Gasteiger partial charge in [-0.3, -0.25) is 0 Å². The van der Waals surface area contributed by atoms with Crippen molar-refractivity contribution in [3.63, 3.8) is 0 Å². The van der Waals surface area contributed by atoms with Crippen LogP contribution in [0.5, 0.6) is 0 Å². The Hall–Kier alpha value is -2.80. The fourth-order valence-corrected chi connectivity index (χ4v) is 4.65. The number of aromatic nitrogens is 4. The van der Waals surface area contributed by atoms with E-state index in [-0.39, 0.29) is 6.04 Å². The second kappa shape index (κ2) is 6.17. The predicted octanol–water partition coefficient (Wildman–Crippen LogP) is 4.40. The quantitative estimate of drug-likeness (QED) is 0.579. The van der Waals surface area contributed by atoms with Crippen molar-refractivity contribution >= 4 is 27.4 Å². The number of hydrogen-bond acceptors (Lipinski definition) is 7.